The van der Waals surface area contributed by atoms with E-state index in [1.165, 1.54) is 18.3 Å². The number of hydrogen-bond donors (Lipinski definition) is 3. The summed E-state index contributed by atoms with van der Waals surface area (Å²) in [4.78, 5) is 6.29. The third kappa shape index (κ3) is 3.09. The van der Waals surface area contributed by atoms with Crippen molar-refractivity contribution in [2.24, 2.45) is 5.11 Å². The Labute approximate surface area is 91.6 Å². The van der Waals surface area contributed by atoms with E-state index >= 15 is 0 Å². The molecule has 0 bridgehead atoms. The molecule has 0 spiro atoms. The molecule has 2 atom stereocenters. The molecule has 0 saturated heterocycles. The van der Waals surface area contributed by atoms with Crippen molar-refractivity contribution in [3.63, 3.8) is 0 Å². The maximum Gasteiger partial charge on any atom is 0.139 e. The zero-order valence-corrected chi connectivity index (χ0v) is 8.43. The van der Waals surface area contributed by atoms with Gasteiger partial charge in [0.15, 0.2) is 0 Å². The number of aromatic hydroxyl groups is 1. The molecular weight excluding hydrogens is 212 g/mol. The summed E-state index contributed by atoms with van der Waals surface area (Å²) in [7, 11) is 0. The van der Waals surface area contributed by atoms with Crippen LogP contribution in [0.25, 0.3) is 10.4 Å². The number of aromatic nitrogens is 1. The molecule has 1 rings (SSSR count). The Bertz CT molecular complexity index is 392. The van der Waals surface area contributed by atoms with Crippen LogP contribution in [0.5, 0.6) is 5.75 Å². The molecule has 16 heavy (non-hydrogen) atoms. The molecule has 0 aliphatic carbocycles. The molecule has 0 aliphatic rings. The first-order valence-electron chi connectivity index (χ1n) is 4.67. The second kappa shape index (κ2) is 5.92. The molecule has 0 amide bonds. The number of hydrogen-bond acceptors (Lipinski definition) is 5. The molecule has 2 unspecified atom stereocenters. The van der Waals surface area contributed by atoms with E-state index in [1.54, 1.807) is 0 Å². The van der Waals surface area contributed by atoms with Crippen LogP contribution in [0.4, 0.5) is 0 Å². The van der Waals surface area contributed by atoms with E-state index in [0.29, 0.717) is 0 Å². The molecule has 1 aromatic rings. The van der Waals surface area contributed by atoms with Crippen LogP contribution in [0, 0.1) is 0 Å². The first-order valence-corrected chi connectivity index (χ1v) is 4.67. The average Bonchev–Trinajstić information content (AvgIpc) is 2.29. The van der Waals surface area contributed by atoms with Crippen molar-refractivity contribution in [2.75, 3.05) is 6.54 Å². The van der Waals surface area contributed by atoms with Gasteiger partial charge in [-0.05, 0) is 24.1 Å². The second-order valence-corrected chi connectivity index (χ2v) is 3.16. The Hall–Kier alpha value is -1.82. The lowest BCUT2D eigenvalue weighted by Gasteiger charge is -2.16. The molecule has 1 heterocycles. The zero-order chi connectivity index (χ0) is 12.0. The van der Waals surface area contributed by atoms with E-state index in [9.17, 15) is 15.3 Å². The molecule has 1 aromatic heterocycles. The first-order chi connectivity index (χ1) is 7.66. The number of azide groups is 1. The number of aliphatic hydroxyl groups excluding tert-OH is 2. The predicted octanol–water partition coefficient (Wildman–Crippen LogP) is 0.882. The van der Waals surface area contributed by atoms with E-state index < -0.39 is 12.2 Å². The summed E-state index contributed by atoms with van der Waals surface area (Å²) >= 11 is 0. The minimum atomic E-state index is -1.30. The maximum absolute atomic E-state index is 9.66. The standard InChI is InChI=1S/C9H12N4O3/c10-13-12-5-3-7(15)9(16)8-6(14)2-1-4-11-8/h1-2,4,7,9,14-16H,3,5H2. The maximum atomic E-state index is 9.66. The molecule has 7 heteroatoms. The van der Waals surface area contributed by atoms with Gasteiger partial charge in [0.1, 0.15) is 17.5 Å². The van der Waals surface area contributed by atoms with Gasteiger partial charge in [-0.25, -0.2) is 0 Å². The molecule has 0 aromatic carbocycles. The molecule has 0 radical (unpaired) electrons. The van der Waals surface area contributed by atoms with Crippen LogP contribution in [0.15, 0.2) is 23.4 Å². The molecule has 7 nitrogen and oxygen atoms in total. The highest BCUT2D eigenvalue weighted by Crippen LogP contribution is 2.24. The monoisotopic (exact) mass is 224 g/mol. The van der Waals surface area contributed by atoms with Gasteiger partial charge >= 0.3 is 0 Å². The predicted molar refractivity (Wildman–Crippen MR) is 55.5 cm³/mol. The van der Waals surface area contributed by atoms with Crippen molar-refractivity contribution in [2.45, 2.75) is 18.6 Å². The fraction of sp³-hybridized carbons (Fsp3) is 0.444. The Balaban J connectivity index is 2.66. The van der Waals surface area contributed by atoms with Crippen molar-refractivity contribution in [1.29, 1.82) is 0 Å². The minimum Gasteiger partial charge on any atom is -0.506 e. The summed E-state index contributed by atoms with van der Waals surface area (Å²) in [6.07, 6.45) is -0.930. The smallest absolute Gasteiger partial charge is 0.139 e. The average molecular weight is 224 g/mol. The van der Waals surface area contributed by atoms with Crippen molar-refractivity contribution in [3.8, 4) is 5.75 Å². The Morgan fingerprint density at radius 3 is 2.88 bits per heavy atom. The van der Waals surface area contributed by atoms with Crippen LogP contribution >= 0.6 is 0 Å². The van der Waals surface area contributed by atoms with Crippen molar-refractivity contribution >= 4 is 0 Å². The molecule has 0 saturated carbocycles. The van der Waals surface area contributed by atoms with Crippen LogP contribution in [0.1, 0.15) is 18.2 Å². The van der Waals surface area contributed by atoms with E-state index in [0.717, 1.165) is 0 Å². The highest BCUT2D eigenvalue weighted by atomic mass is 16.3. The van der Waals surface area contributed by atoms with Gasteiger partial charge < -0.3 is 15.3 Å². The third-order valence-corrected chi connectivity index (χ3v) is 2.05. The lowest BCUT2D eigenvalue weighted by atomic mass is 10.1. The molecule has 3 N–H and O–H groups in total. The third-order valence-electron chi connectivity index (χ3n) is 2.05. The highest BCUT2D eigenvalue weighted by Gasteiger charge is 2.21. The summed E-state index contributed by atoms with van der Waals surface area (Å²) < 4.78 is 0. The number of aliphatic hydroxyl groups is 2. The second-order valence-electron chi connectivity index (χ2n) is 3.16. The number of rotatable bonds is 5. The van der Waals surface area contributed by atoms with Gasteiger partial charge in [0, 0.05) is 17.7 Å². The van der Waals surface area contributed by atoms with Gasteiger partial charge in [0.05, 0.1) is 6.10 Å². The number of nitrogens with zero attached hydrogens (tertiary/aromatic N) is 4. The van der Waals surface area contributed by atoms with Gasteiger partial charge in [-0.3, -0.25) is 4.98 Å². The highest BCUT2D eigenvalue weighted by molar-refractivity contribution is 5.27. The van der Waals surface area contributed by atoms with Crippen molar-refractivity contribution < 1.29 is 15.3 Å². The Morgan fingerprint density at radius 2 is 2.25 bits per heavy atom. The Morgan fingerprint density at radius 1 is 1.50 bits per heavy atom. The zero-order valence-electron chi connectivity index (χ0n) is 8.43. The van der Waals surface area contributed by atoms with E-state index in [2.05, 4.69) is 15.0 Å². The summed E-state index contributed by atoms with van der Waals surface area (Å²) in [6.45, 7) is 0.0717. The van der Waals surface area contributed by atoms with Gasteiger partial charge in [0.2, 0.25) is 0 Å². The topological polar surface area (TPSA) is 122 Å². The van der Waals surface area contributed by atoms with E-state index in [4.69, 9.17) is 5.53 Å². The SMILES string of the molecule is [N-]=[N+]=NCCC(O)C(O)c1ncccc1O. The number of pyridine rings is 1. The Kier molecular flexibility index (Phi) is 4.53. The molecular formula is C9H12N4O3. The largest absolute Gasteiger partial charge is 0.506 e. The first kappa shape index (κ1) is 12.3. The fourth-order valence-electron chi connectivity index (χ4n) is 1.21. The van der Waals surface area contributed by atoms with Gasteiger partial charge in [0.25, 0.3) is 0 Å². The van der Waals surface area contributed by atoms with Crippen LogP contribution < -0.4 is 0 Å². The molecule has 0 aliphatic heterocycles. The summed E-state index contributed by atoms with van der Waals surface area (Å²) in [5.74, 6) is -0.183. The van der Waals surface area contributed by atoms with Gasteiger partial charge in [-0.1, -0.05) is 5.11 Å². The lowest BCUT2D eigenvalue weighted by molar-refractivity contribution is 0.0111. The van der Waals surface area contributed by atoms with Gasteiger partial charge in [-0.15, -0.1) is 0 Å². The summed E-state index contributed by atoms with van der Waals surface area (Å²) in [5.41, 5.74) is 8.05. The molecule has 86 valence electrons. The van der Waals surface area contributed by atoms with Crippen LogP contribution in [-0.4, -0.2) is 33.0 Å². The minimum absolute atomic E-state index is 0.0101. The normalized spacial score (nSPS) is 13.9. The quantitative estimate of drug-likeness (QED) is 0.390. The van der Waals surface area contributed by atoms with Crippen LogP contribution in [0.2, 0.25) is 0 Å². The van der Waals surface area contributed by atoms with Gasteiger partial charge in [-0.2, -0.15) is 0 Å². The van der Waals surface area contributed by atoms with Crippen molar-refractivity contribution in [3.05, 3.63) is 34.5 Å². The van der Waals surface area contributed by atoms with E-state index in [1.807, 2.05) is 0 Å². The summed E-state index contributed by atoms with van der Waals surface area (Å²) in [5, 5.41) is 31.8. The van der Waals surface area contributed by atoms with Crippen LogP contribution in [-0.2, 0) is 0 Å². The molecule has 0 fully saturated rings. The van der Waals surface area contributed by atoms with Crippen molar-refractivity contribution in [1.82, 2.24) is 4.98 Å². The fourth-order valence-corrected chi connectivity index (χ4v) is 1.21. The van der Waals surface area contributed by atoms with Crippen LogP contribution in [0.3, 0.4) is 0 Å². The lowest BCUT2D eigenvalue weighted by Crippen LogP contribution is -2.20. The van der Waals surface area contributed by atoms with E-state index in [-0.39, 0.29) is 24.4 Å². The summed E-state index contributed by atoms with van der Waals surface area (Å²) in [6, 6.07) is 2.88.